The van der Waals surface area contributed by atoms with Crippen molar-refractivity contribution in [3.8, 4) is 5.75 Å². The number of carbonyl (C=O) groups excluding carboxylic acids is 1. The topological polar surface area (TPSA) is 58.6 Å². The molecular weight excluding hydrogens is 242 g/mol. The SMILES string of the molecule is O=C(COc1ccc2c(c1)C(O)CCC2)NC1CC1. The highest BCUT2D eigenvalue weighted by atomic mass is 16.5. The summed E-state index contributed by atoms with van der Waals surface area (Å²) in [6.07, 6.45) is 4.60. The third-order valence-electron chi connectivity index (χ3n) is 3.71. The molecular formula is C15H19NO3. The Labute approximate surface area is 112 Å². The lowest BCUT2D eigenvalue weighted by Gasteiger charge is -2.21. The average Bonchev–Trinajstić information content (AvgIpc) is 3.21. The molecule has 1 unspecified atom stereocenters. The van der Waals surface area contributed by atoms with Gasteiger partial charge < -0.3 is 15.2 Å². The predicted octanol–water partition coefficient (Wildman–Crippen LogP) is 1.71. The van der Waals surface area contributed by atoms with E-state index in [9.17, 15) is 9.90 Å². The van der Waals surface area contributed by atoms with Crippen LogP contribution < -0.4 is 10.1 Å². The number of benzene rings is 1. The fourth-order valence-corrected chi connectivity index (χ4v) is 2.49. The first-order valence-electron chi connectivity index (χ1n) is 6.95. The molecule has 1 aromatic carbocycles. The number of aryl methyl sites for hydroxylation is 1. The van der Waals surface area contributed by atoms with Crippen molar-refractivity contribution >= 4 is 5.91 Å². The van der Waals surface area contributed by atoms with E-state index in [-0.39, 0.29) is 12.5 Å². The van der Waals surface area contributed by atoms with Gasteiger partial charge in [0.25, 0.3) is 5.91 Å². The molecule has 0 aromatic heterocycles. The maximum atomic E-state index is 11.5. The maximum absolute atomic E-state index is 11.5. The number of rotatable bonds is 4. The van der Waals surface area contributed by atoms with E-state index >= 15 is 0 Å². The minimum Gasteiger partial charge on any atom is -0.484 e. The van der Waals surface area contributed by atoms with Gasteiger partial charge in [0.05, 0.1) is 6.10 Å². The Morgan fingerprint density at radius 2 is 2.21 bits per heavy atom. The van der Waals surface area contributed by atoms with Gasteiger partial charge in [-0.1, -0.05) is 6.07 Å². The standard InChI is InChI=1S/C15H19NO3/c17-14-3-1-2-10-4-7-12(8-13(10)14)19-9-15(18)16-11-5-6-11/h4,7-8,11,14,17H,1-3,5-6,9H2,(H,16,18). The van der Waals surface area contributed by atoms with Gasteiger partial charge in [-0.15, -0.1) is 0 Å². The fraction of sp³-hybridized carbons (Fsp3) is 0.533. The molecule has 2 aliphatic rings. The second kappa shape index (κ2) is 5.21. The summed E-state index contributed by atoms with van der Waals surface area (Å²) in [5, 5.41) is 12.8. The van der Waals surface area contributed by atoms with E-state index < -0.39 is 6.10 Å². The average molecular weight is 261 g/mol. The quantitative estimate of drug-likeness (QED) is 0.867. The molecule has 19 heavy (non-hydrogen) atoms. The van der Waals surface area contributed by atoms with Crippen LogP contribution in [0.3, 0.4) is 0 Å². The summed E-state index contributed by atoms with van der Waals surface area (Å²) in [5.74, 6) is 0.589. The van der Waals surface area contributed by atoms with E-state index in [0.29, 0.717) is 11.8 Å². The minimum atomic E-state index is -0.396. The first kappa shape index (κ1) is 12.5. The van der Waals surface area contributed by atoms with Crippen molar-refractivity contribution in [2.24, 2.45) is 0 Å². The molecule has 2 N–H and O–H groups in total. The normalized spacial score (nSPS) is 21.6. The molecule has 0 heterocycles. The summed E-state index contributed by atoms with van der Waals surface area (Å²) in [7, 11) is 0. The largest absolute Gasteiger partial charge is 0.484 e. The smallest absolute Gasteiger partial charge is 0.258 e. The maximum Gasteiger partial charge on any atom is 0.258 e. The number of hydrogen-bond donors (Lipinski definition) is 2. The zero-order valence-electron chi connectivity index (χ0n) is 10.9. The lowest BCUT2D eigenvalue weighted by atomic mass is 9.89. The van der Waals surface area contributed by atoms with Gasteiger partial charge in [0.15, 0.2) is 6.61 Å². The molecule has 0 saturated heterocycles. The molecule has 0 spiro atoms. The Kier molecular flexibility index (Phi) is 3.42. The Hall–Kier alpha value is -1.55. The number of aliphatic hydroxyl groups excluding tert-OH is 1. The van der Waals surface area contributed by atoms with Gasteiger partial charge in [-0.05, 0) is 55.4 Å². The third kappa shape index (κ3) is 3.07. The van der Waals surface area contributed by atoms with Gasteiger partial charge in [-0.3, -0.25) is 4.79 Å². The van der Waals surface area contributed by atoms with Gasteiger partial charge in [0, 0.05) is 6.04 Å². The molecule has 4 heteroatoms. The molecule has 1 atom stereocenters. The van der Waals surface area contributed by atoms with E-state index in [1.54, 1.807) is 0 Å². The molecule has 102 valence electrons. The molecule has 0 radical (unpaired) electrons. The van der Waals surface area contributed by atoms with Crippen LogP contribution in [0, 0.1) is 0 Å². The minimum absolute atomic E-state index is 0.0470. The van der Waals surface area contributed by atoms with Crippen molar-refractivity contribution in [2.45, 2.75) is 44.2 Å². The van der Waals surface area contributed by atoms with Crippen LogP contribution in [0.2, 0.25) is 0 Å². The van der Waals surface area contributed by atoms with Crippen LogP contribution in [0.5, 0.6) is 5.75 Å². The van der Waals surface area contributed by atoms with Gasteiger partial charge in [-0.2, -0.15) is 0 Å². The zero-order chi connectivity index (χ0) is 13.2. The second-order valence-electron chi connectivity index (χ2n) is 5.40. The molecule has 1 amide bonds. The molecule has 2 aliphatic carbocycles. The monoisotopic (exact) mass is 261 g/mol. The lowest BCUT2D eigenvalue weighted by Crippen LogP contribution is -2.30. The predicted molar refractivity (Wildman–Crippen MR) is 71.0 cm³/mol. The third-order valence-corrected chi connectivity index (χ3v) is 3.71. The molecule has 1 fully saturated rings. The van der Waals surface area contributed by atoms with Gasteiger partial charge >= 0.3 is 0 Å². The van der Waals surface area contributed by atoms with E-state index in [1.165, 1.54) is 5.56 Å². The Bertz CT molecular complexity index is 482. The number of carbonyl (C=O) groups is 1. The molecule has 0 aliphatic heterocycles. The number of ether oxygens (including phenoxy) is 1. The van der Waals surface area contributed by atoms with Crippen LogP contribution in [-0.2, 0) is 11.2 Å². The highest BCUT2D eigenvalue weighted by Crippen LogP contribution is 2.32. The summed E-state index contributed by atoms with van der Waals surface area (Å²) in [4.78, 5) is 11.5. The van der Waals surface area contributed by atoms with Crippen molar-refractivity contribution in [3.63, 3.8) is 0 Å². The molecule has 0 bridgehead atoms. The van der Waals surface area contributed by atoms with E-state index in [1.807, 2.05) is 18.2 Å². The van der Waals surface area contributed by atoms with Crippen LogP contribution >= 0.6 is 0 Å². The number of amides is 1. The highest BCUT2D eigenvalue weighted by molar-refractivity contribution is 5.78. The van der Waals surface area contributed by atoms with Gasteiger partial charge in [-0.25, -0.2) is 0 Å². The summed E-state index contributed by atoms with van der Waals surface area (Å²) in [5.41, 5.74) is 2.14. The van der Waals surface area contributed by atoms with Crippen molar-refractivity contribution in [1.29, 1.82) is 0 Å². The second-order valence-corrected chi connectivity index (χ2v) is 5.40. The van der Waals surface area contributed by atoms with Gasteiger partial charge in [0.2, 0.25) is 0 Å². The van der Waals surface area contributed by atoms with Crippen molar-refractivity contribution in [3.05, 3.63) is 29.3 Å². The highest BCUT2D eigenvalue weighted by Gasteiger charge is 2.23. The molecule has 4 nitrogen and oxygen atoms in total. The van der Waals surface area contributed by atoms with Crippen LogP contribution in [0.25, 0.3) is 0 Å². The Morgan fingerprint density at radius 1 is 1.37 bits per heavy atom. The fourth-order valence-electron chi connectivity index (χ4n) is 2.49. The van der Waals surface area contributed by atoms with E-state index in [0.717, 1.165) is 37.7 Å². The summed E-state index contributed by atoms with van der Waals surface area (Å²) in [6.45, 7) is 0.0470. The summed E-state index contributed by atoms with van der Waals surface area (Å²) < 4.78 is 5.49. The van der Waals surface area contributed by atoms with Crippen molar-refractivity contribution in [1.82, 2.24) is 5.32 Å². The van der Waals surface area contributed by atoms with Crippen LogP contribution in [0.4, 0.5) is 0 Å². The molecule has 1 saturated carbocycles. The Balaban J connectivity index is 1.61. The first-order chi connectivity index (χ1) is 9.22. The number of aliphatic hydroxyl groups is 1. The number of nitrogens with one attached hydrogen (secondary N) is 1. The summed E-state index contributed by atoms with van der Waals surface area (Å²) >= 11 is 0. The van der Waals surface area contributed by atoms with Gasteiger partial charge in [0.1, 0.15) is 5.75 Å². The summed E-state index contributed by atoms with van der Waals surface area (Å²) in [6, 6.07) is 6.10. The van der Waals surface area contributed by atoms with Crippen LogP contribution in [-0.4, -0.2) is 23.7 Å². The van der Waals surface area contributed by atoms with Crippen molar-refractivity contribution < 1.29 is 14.6 Å². The zero-order valence-corrected chi connectivity index (χ0v) is 10.9. The van der Waals surface area contributed by atoms with Crippen molar-refractivity contribution in [2.75, 3.05) is 6.61 Å². The van der Waals surface area contributed by atoms with Crippen LogP contribution in [0.1, 0.15) is 42.9 Å². The Morgan fingerprint density at radius 3 is 3.00 bits per heavy atom. The number of fused-ring (bicyclic) bond motifs is 1. The first-order valence-corrected chi connectivity index (χ1v) is 6.95. The molecule has 3 rings (SSSR count). The molecule has 1 aromatic rings. The van der Waals surface area contributed by atoms with Crippen LogP contribution in [0.15, 0.2) is 18.2 Å². The van der Waals surface area contributed by atoms with E-state index in [4.69, 9.17) is 4.74 Å². The lowest BCUT2D eigenvalue weighted by molar-refractivity contribution is -0.123. The number of hydrogen-bond acceptors (Lipinski definition) is 3. The van der Waals surface area contributed by atoms with E-state index in [2.05, 4.69) is 5.32 Å².